The van der Waals surface area contributed by atoms with E-state index in [-0.39, 0.29) is 5.56 Å². The third-order valence-corrected chi connectivity index (χ3v) is 2.36. The number of hydrogen-bond donors (Lipinski definition) is 1. The predicted molar refractivity (Wildman–Crippen MR) is 59.6 cm³/mol. The van der Waals surface area contributed by atoms with E-state index >= 15 is 0 Å². The van der Waals surface area contributed by atoms with E-state index in [9.17, 15) is 4.79 Å². The molecule has 1 N–H and O–H groups in total. The van der Waals surface area contributed by atoms with Gasteiger partial charge in [0.25, 0.3) is 5.56 Å². The first-order valence-electron chi connectivity index (χ1n) is 4.80. The van der Waals surface area contributed by atoms with Crippen LogP contribution in [-0.4, -0.2) is 24.4 Å². The third-order valence-electron chi connectivity index (χ3n) is 2.36. The molecule has 2 aromatic rings. The monoisotopic (exact) mass is 220 g/mol. The maximum Gasteiger partial charge on any atom is 0.272 e. The Kier molecular flexibility index (Phi) is 2.87. The zero-order chi connectivity index (χ0) is 11.5. The summed E-state index contributed by atoms with van der Waals surface area (Å²) in [5, 5.41) is 7.73. The fourth-order valence-electron chi connectivity index (χ4n) is 1.58. The molecule has 84 valence electrons. The van der Waals surface area contributed by atoms with Crippen molar-refractivity contribution in [1.82, 2.24) is 10.2 Å². The van der Waals surface area contributed by atoms with Crippen LogP contribution in [0.15, 0.2) is 23.0 Å². The van der Waals surface area contributed by atoms with E-state index in [1.54, 1.807) is 26.4 Å². The molecule has 0 saturated heterocycles. The van der Waals surface area contributed by atoms with Crippen molar-refractivity contribution >= 4 is 10.8 Å². The van der Waals surface area contributed by atoms with Gasteiger partial charge in [-0.3, -0.25) is 4.79 Å². The summed E-state index contributed by atoms with van der Waals surface area (Å²) in [5.74, 6) is 0.646. The van der Waals surface area contributed by atoms with E-state index in [2.05, 4.69) is 10.2 Å². The van der Waals surface area contributed by atoms with Gasteiger partial charge in [-0.2, -0.15) is 5.10 Å². The highest BCUT2D eigenvalue weighted by atomic mass is 16.5. The lowest BCUT2D eigenvalue weighted by atomic mass is 10.1. The highest BCUT2D eigenvalue weighted by Crippen LogP contribution is 2.19. The van der Waals surface area contributed by atoms with Gasteiger partial charge >= 0.3 is 0 Å². The van der Waals surface area contributed by atoms with Gasteiger partial charge in [-0.15, -0.1) is 0 Å². The zero-order valence-electron chi connectivity index (χ0n) is 9.11. The van der Waals surface area contributed by atoms with Crippen molar-refractivity contribution in [3.05, 3.63) is 34.2 Å². The molecule has 16 heavy (non-hydrogen) atoms. The van der Waals surface area contributed by atoms with Gasteiger partial charge in [-0.25, -0.2) is 5.10 Å². The standard InChI is InChI=1S/C11H12N2O3/c1-15-6-10-8-4-3-7(16-2)5-9(8)11(14)13-12-10/h3-5H,6H2,1-2H3,(H,13,14). The topological polar surface area (TPSA) is 64.2 Å². The maximum absolute atomic E-state index is 11.6. The Morgan fingerprint density at radius 1 is 1.31 bits per heavy atom. The molecule has 0 aliphatic heterocycles. The van der Waals surface area contributed by atoms with Crippen molar-refractivity contribution in [1.29, 1.82) is 0 Å². The SMILES string of the molecule is COCc1n[nH]c(=O)c2cc(OC)ccc12. The number of benzene rings is 1. The molecule has 1 aromatic heterocycles. The van der Waals surface area contributed by atoms with Crippen molar-refractivity contribution in [2.75, 3.05) is 14.2 Å². The molecule has 5 nitrogen and oxygen atoms in total. The minimum absolute atomic E-state index is 0.228. The molecule has 0 spiro atoms. The van der Waals surface area contributed by atoms with Crippen LogP contribution >= 0.6 is 0 Å². The molecule has 1 aromatic carbocycles. The van der Waals surface area contributed by atoms with E-state index in [0.29, 0.717) is 23.4 Å². The Morgan fingerprint density at radius 2 is 2.12 bits per heavy atom. The second-order valence-corrected chi connectivity index (χ2v) is 3.34. The van der Waals surface area contributed by atoms with Crippen LogP contribution in [0, 0.1) is 0 Å². The number of aromatic nitrogens is 2. The highest BCUT2D eigenvalue weighted by molar-refractivity contribution is 5.84. The quantitative estimate of drug-likeness (QED) is 0.840. The first-order valence-corrected chi connectivity index (χ1v) is 4.80. The Morgan fingerprint density at radius 3 is 2.81 bits per heavy atom. The van der Waals surface area contributed by atoms with Crippen LogP contribution < -0.4 is 10.3 Å². The predicted octanol–water partition coefficient (Wildman–Crippen LogP) is 1.08. The summed E-state index contributed by atoms with van der Waals surface area (Å²) in [6, 6.07) is 5.29. The van der Waals surface area contributed by atoms with Gasteiger partial charge < -0.3 is 9.47 Å². The van der Waals surface area contributed by atoms with Gasteiger partial charge in [-0.05, 0) is 18.2 Å². The molecule has 0 fully saturated rings. The van der Waals surface area contributed by atoms with E-state index in [1.165, 1.54) is 0 Å². The summed E-state index contributed by atoms with van der Waals surface area (Å²) in [4.78, 5) is 11.6. The van der Waals surface area contributed by atoms with Crippen molar-refractivity contribution < 1.29 is 9.47 Å². The Balaban J connectivity index is 2.70. The molecule has 0 saturated carbocycles. The average molecular weight is 220 g/mol. The molecular formula is C11H12N2O3. The van der Waals surface area contributed by atoms with Crippen molar-refractivity contribution in [3.63, 3.8) is 0 Å². The van der Waals surface area contributed by atoms with Gasteiger partial charge in [0.05, 0.1) is 24.8 Å². The van der Waals surface area contributed by atoms with Gasteiger partial charge in [0, 0.05) is 12.5 Å². The van der Waals surface area contributed by atoms with Crippen LogP contribution in [0.2, 0.25) is 0 Å². The highest BCUT2D eigenvalue weighted by Gasteiger charge is 2.07. The first-order chi connectivity index (χ1) is 7.76. The lowest BCUT2D eigenvalue weighted by molar-refractivity contribution is 0.182. The molecule has 0 amide bonds. The summed E-state index contributed by atoms with van der Waals surface area (Å²) < 4.78 is 10.1. The van der Waals surface area contributed by atoms with Gasteiger partial charge in [0.2, 0.25) is 0 Å². The second kappa shape index (κ2) is 4.32. The average Bonchev–Trinajstić information content (AvgIpc) is 2.33. The minimum atomic E-state index is -0.228. The summed E-state index contributed by atoms with van der Waals surface area (Å²) in [7, 11) is 3.15. The van der Waals surface area contributed by atoms with Gasteiger partial charge in [-0.1, -0.05) is 0 Å². The van der Waals surface area contributed by atoms with Crippen LogP contribution in [0.4, 0.5) is 0 Å². The molecule has 0 aliphatic carbocycles. The largest absolute Gasteiger partial charge is 0.497 e. The number of hydrogen-bond acceptors (Lipinski definition) is 4. The second-order valence-electron chi connectivity index (χ2n) is 3.34. The molecule has 2 rings (SSSR count). The molecule has 0 radical (unpaired) electrons. The minimum Gasteiger partial charge on any atom is -0.497 e. The van der Waals surface area contributed by atoms with E-state index in [4.69, 9.17) is 9.47 Å². The van der Waals surface area contributed by atoms with Crippen LogP contribution in [0.5, 0.6) is 5.75 Å². The number of nitrogens with one attached hydrogen (secondary N) is 1. The summed E-state index contributed by atoms with van der Waals surface area (Å²) in [6.45, 7) is 0.361. The number of rotatable bonds is 3. The summed E-state index contributed by atoms with van der Waals surface area (Å²) >= 11 is 0. The lowest BCUT2D eigenvalue weighted by Gasteiger charge is -2.05. The van der Waals surface area contributed by atoms with Gasteiger partial charge in [0.1, 0.15) is 5.75 Å². The Labute approximate surface area is 92.0 Å². The Bertz CT molecular complexity index is 563. The maximum atomic E-state index is 11.6. The fraction of sp³-hybridized carbons (Fsp3) is 0.273. The fourth-order valence-corrected chi connectivity index (χ4v) is 1.58. The number of aromatic amines is 1. The molecule has 0 aliphatic rings. The van der Waals surface area contributed by atoms with Crippen LogP contribution in [-0.2, 0) is 11.3 Å². The van der Waals surface area contributed by atoms with Crippen molar-refractivity contribution in [2.24, 2.45) is 0 Å². The van der Waals surface area contributed by atoms with Crippen LogP contribution in [0.25, 0.3) is 10.8 Å². The lowest BCUT2D eigenvalue weighted by Crippen LogP contribution is -2.11. The zero-order valence-corrected chi connectivity index (χ0v) is 9.11. The number of ether oxygens (including phenoxy) is 2. The molecule has 0 unspecified atom stereocenters. The number of fused-ring (bicyclic) bond motifs is 1. The molecule has 0 atom stereocenters. The Hall–Kier alpha value is -1.88. The molecule has 0 bridgehead atoms. The van der Waals surface area contributed by atoms with Gasteiger partial charge in [0.15, 0.2) is 0 Å². The smallest absolute Gasteiger partial charge is 0.272 e. The van der Waals surface area contributed by atoms with Crippen LogP contribution in [0.1, 0.15) is 5.69 Å². The third kappa shape index (κ3) is 1.77. The van der Waals surface area contributed by atoms with Crippen LogP contribution in [0.3, 0.4) is 0 Å². The summed E-state index contributed by atoms with van der Waals surface area (Å²) in [6.07, 6.45) is 0. The molecular weight excluding hydrogens is 208 g/mol. The van der Waals surface area contributed by atoms with Crippen molar-refractivity contribution in [3.8, 4) is 5.75 Å². The first kappa shape index (κ1) is 10.6. The normalized spacial score (nSPS) is 10.6. The number of nitrogens with zero attached hydrogens (tertiary/aromatic N) is 1. The van der Waals surface area contributed by atoms with E-state index in [1.807, 2.05) is 6.07 Å². The van der Waals surface area contributed by atoms with E-state index in [0.717, 1.165) is 5.39 Å². The van der Waals surface area contributed by atoms with E-state index < -0.39 is 0 Å². The number of H-pyrrole nitrogens is 1. The van der Waals surface area contributed by atoms with Crippen molar-refractivity contribution in [2.45, 2.75) is 6.61 Å². The molecule has 1 heterocycles. The summed E-state index contributed by atoms with van der Waals surface area (Å²) in [5.41, 5.74) is 0.480. The number of methoxy groups -OCH3 is 2. The molecule has 5 heteroatoms.